The van der Waals surface area contributed by atoms with Gasteiger partial charge in [0, 0.05) is 7.05 Å². The van der Waals surface area contributed by atoms with Crippen molar-refractivity contribution in [2.45, 2.75) is 6.92 Å². The molecule has 98 valence electrons. The lowest BCUT2D eigenvalue weighted by Crippen LogP contribution is -2.28. The monoisotopic (exact) mass is 261 g/mol. The van der Waals surface area contributed by atoms with Gasteiger partial charge in [0.05, 0.1) is 11.3 Å². The van der Waals surface area contributed by atoms with E-state index >= 15 is 0 Å². The number of anilines is 1. The summed E-state index contributed by atoms with van der Waals surface area (Å²) in [5.74, 6) is -1.71. The summed E-state index contributed by atoms with van der Waals surface area (Å²) in [6.07, 6.45) is 0. The fraction of sp³-hybridized carbons (Fsp3) is 0.133. The topological polar surface area (TPSA) is 20.3 Å². The fourth-order valence-electron chi connectivity index (χ4n) is 1.82. The van der Waals surface area contributed by atoms with Crippen molar-refractivity contribution in [2.75, 3.05) is 11.9 Å². The Kier molecular flexibility index (Phi) is 3.60. The molecule has 0 N–H and O–H groups in total. The van der Waals surface area contributed by atoms with Gasteiger partial charge in [-0.2, -0.15) is 0 Å². The summed E-state index contributed by atoms with van der Waals surface area (Å²) in [6.45, 7) is 1.76. The quantitative estimate of drug-likeness (QED) is 0.809. The number of carbonyl (C=O) groups excluding carboxylic acids is 1. The number of halogens is 2. The number of amides is 1. The van der Waals surface area contributed by atoms with Gasteiger partial charge in [-0.05, 0) is 31.2 Å². The van der Waals surface area contributed by atoms with Gasteiger partial charge in [-0.15, -0.1) is 0 Å². The summed E-state index contributed by atoms with van der Waals surface area (Å²) < 4.78 is 27.3. The molecule has 0 fully saturated rings. The van der Waals surface area contributed by atoms with Crippen LogP contribution < -0.4 is 4.90 Å². The highest BCUT2D eigenvalue weighted by Crippen LogP contribution is 2.20. The highest BCUT2D eigenvalue weighted by molar-refractivity contribution is 6.06. The lowest BCUT2D eigenvalue weighted by molar-refractivity contribution is 0.0988. The number of carbonyl (C=O) groups is 1. The van der Waals surface area contributed by atoms with Crippen LogP contribution >= 0.6 is 0 Å². The van der Waals surface area contributed by atoms with Crippen LogP contribution in [-0.4, -0.2) is 13.0 Å². The molecule has 0 saturated carbocycles. The van der Waals surface area contributed by atoms with Gasteiger partial charge >= 0.3 is 0 Å². The van der Waals surface area contributed by atoms with Crippen LogP contribution in [0.3, 0.4) is 0 Å². The summed E-state index contributed by atoms with van der Waals surface area (Å²) in [6, 6.07) is 10.1. The minimum absolute atomic E-state index is 0.0641. The summed E-state index contributed by atoms with van der Waals surface area (Å²) in [5, 5.41) is 0. The predicted molar refractivity (Wildman–Crippen MR) is 70.3 cm³/mol. The summed E-state index contributed by atoms with van der Waals surface area (Å²) in [5.41, 5.74) is 0.825. The first-order valence-corrected chi connectivity index (χ1v) is 5.79. The third-order valence-electron chi connectivity index (χ3n) is 2.87. The molecule has 1 amide bonds. The number of hydrogen-bond acceptors (Lipinski definition) is 1. The molecular formula is C15H13F2NO. The van der Waals surface area contributed by atoms with E-state index in [1.807, 2.05) is 0 Å². The van der Waals surface area contributed by atoms with E-state index in [4.69, 9.17) is 0 Å². The molecule has 0 bridgehead atoms. The van der Waals surface area contributed by atoms with Crippen LogP contribution in [0.4, 0.5) is 14.5 Å². The molecule has 4 heteroatoms. The van der Waals surface area contributed by atoms with Gasteiger partial charge in [0.25, 0.3) is 5.91 Å². The van der Waals surface area contributed by atoms with E-state index in [0.717, 1.165) is 10.5 Å². The molecule has 0 aliphatic carbocycles. The van der Waals surface area contributed by atoms with Crippen LogP contribution in [0.1, 0.15) is 15.9 Å². The van der Waals surface area contributed by atoms with Gasteiger partial charge in [-0.25, -0.2) is 8.78 Å². The third-order valence-corrected chi connectivity index (χ3v) is 2.87. The minimum Gasteiger partial charge on any atom is -0.309 e. The number of aryl methyl sites for hydroxylation is 1. The van der Waals surface area contributed by atoms with E-state index in [1.54, 1.807) is 19.1 Å². The van der Waals surface area contributed by atoms with Crippen molar-refractivity contribution in [3.8, 4) is 0 Å². The number of para-hydroxylation sites is 1. The first kappa shape index (κ1) is 13.2. The number of rotatable bonds is 2. The molecule has 0 aromatic heterocycles. The Bertz CT molecular complexity index is 625. The number of benzene rings is 2. The molecular weight excluding hydrogens is 248 g/mol. The zero-order valence-corrected chi connectivity index (χ0v) is 10.7. The molecule has 2 aromatic carbocycles. The van der Waals surface area contributed by atoms with Crippen LogP contribution in [0.15, 0.2) is 42.5 Å². The predicted octanol–water partition coefficient (Wildman–Crippen LogP) is 3.55. The summed E-state index contributed by atoms with van der Waals surface area (Å²) in [7, 11) is 1.42. The average Bonchev–Trinajstić information content (AvgIpc) is 2.40. The van der Waals surface area contributed by atoms with Gasteiger partial charge < -0.3 is 4.90 Å². The second kappa shape index (κ2) is 5.18. The minimum atomic E-state index is -0.612. The second-order valence-electron chi connectivity index (χ2n) is 4.30. The van der Waals surface area contributed by atoms with Crippen molar-refractivity contribution < 1.29 is 13.6 Å². The maximum atomic E-state index is 13.7. The fourth-order valence-corrected chi connectivity index (χ4v) is 1.82. The van der Waals surface area contributed by atoms with Crippen molar-refractivity contribution in [1.82, 2.24) is 0 Å². The third kappa shape index (κ3) is 2.62. The molecule has 2 nitrogen and oxygen atoms in total. The van der Waals surface area contributed by atoms with Crippen LogP contribution in [-0.2, 0) is 0 Å². The maximum absolute atomic E-state index is 13.7. The van der Waals surface area contributed by atoms with Crippen molar-refractivity contribution >= 4 is 11.6 Å². The van der Waals surface area contributed by atoms with Gasteiger partial charge in [-0.1, -0.05) is 23.8 Å². The highest BCUT2D eigenvalue weighted by atomic mass is 19.1. The molecule has 0 heterocycles. The second-order valence-corrected chi connectivity index (χ2v) is 4.30. The molecule has 0 saturated heterocycles. The van der Waals surface area contributed by atoms with Crippen LogP contribution in [0.2, 0.25) is 0 Å². The van der Waals surface area contributed by atoms with E-state index in [0.29, 0.717) is 0 Å². The van der Waals surface area contributed by atoms with Crippen molar-refractivity contribution in [3.63, 3.8) is 0 Å². The van der Waals surface area contributed by atoms with E-state index in [-0.39, 0.29) is 11.3 Å². The van der Waals surface area contributed by atoms with Crippen molar-refractivity contribution in [3.05, 3.63) is 65.2 Å². The maximum Gasteiger partial charge on any atom is 0.261 e. The first-order chi connectivity index (χ1) is 9.00. The van der Waals surface area contributed by atoms with Crippen LogP contribution in [0, 0.1) is 18.6 Å². The van der Waals surface area contributed by atoms with Crippen molar-refractivity contribution in [2.24, 2.45) is 0 Å². The van der Waals surface area contributed by atoms with Crippen LogP contribution in [0.5, 0.6) is 0 Å². The summed E-state index contributed by atoms with van der Waals surface area (Å²) in [4.78, 5) is 13.3. The zero-order valence-electron chi connectivity index (χ0n) is 10.7. The Balaban J connectivity index is 2.39. The van der Waals surface area contributed by atoms with Gasteiger partial charge in [0.1, 0.15) is 11.6 Å². The molecule has 0 aliphatic rings. The Labute approximate surface area is 110 Å². The largest absolute Gasteiger partial charge is 0.309 e. The Morgan fingerprint density at radius 3 is 2.42 bits per heavy atom. The number of hydrogen-bond donors (Lipinski definition) is 0. The molecule has 2 rings (SSSR count). The SMILES string of the molecule is Cc1ccc(F)c(C(=O)N(C)c2ccccc2F)c1. The van der Waals surface area contributed by atoms with E-state index in [9.17, 15) is 13.6 Å². The molecule has 2 aromatic rings. The van der Waals surface area contributed by atoms with Crippen LogP contribution in [0.25, 0.3) is 0 Å². The Morgan fingerprint density at radius 2 is 1.74 bits per heavy atom. The molecule has 0 atom stereocenters. The van der Waals surface area contributed by atoms with E-state index in [1.165, 1.54) is 37.4 Å². The lowest BCUT2D eigenvalue weighted by Gasteiger charge is -2.18. The normalized spacial score (nSPS) is 10.3. The highest BCUT2D eigenvalue weighted by Gasteiger charge is 2.19. The first-order valence-electron chi connectivity index (χ1n) is 5.79. The Hall–Kier alpha value is -2.23. The smallest absolute Gasteiger partial charge is 0.261 e. The molecule has 0 radical (unpaired) electrons. The molecule has 0 spiro atoms. The standard InChI is InChI=1S/C15H13F2NO/c1-10-7-8-12(16)11(9-10)15(19)18(2)14-6-4-3-5-13(14)17/h3-9H,1-2H3. The van der Waals surface area contributed by atoms with Gasteiger partial charge in [-0.3, -0.25) is 4.79 Å². The average molecular weight is 261 g/mol. The molecule has 19 heavy (non-hydrogen) atoms. The molecule has 0 unspecified atom stereocenters. The lowest BCUT2D eigenvalue weighted by atomic mass is 10.1. The van der Waals surface area contributed by atoms with Gasteiger partial charge in [0.2, 0.25) is 0 Å². The van der Waals surface area contributed by atoms with E-state index in [2.05, 4.69) is 0 Å². The molecule has 0 aliphatic heterocycles. The Morgan fingerprint density at radius 1 is 1.05 bits per heavy atom. The van der Waals surface area contributed by atoms with Gasteiger partial charge in [0.15, 0.2) is 0 Å². The number of nitrogens with zero attached hydrogens (tertiary/aromatic N) is 1. The zero-order chi connectivity index (χ0) is 14.0. The summed E-state index contributed by atoms with van der Waals surface area (Å²) >= 11 is 0. The van der Waals surface area contributed by atoms with Crippen molar-refractivity contribution in [1.29, 1.82) is 0 Å². The van der Waals surface area contributed by atoms with E-state index < -0.39 is 17.5 Å².